The lowest BCUT2D eigenvalue weighted by Crippen LogP contribution is -2.02. The molecule has 0 bridgehead atoms. The number of ketones is 1. The van der Waals surface area contributed by atoms with Crippen LogP contribution in [0.15, 0.2) is 18.2 Å². The van der Waals surface area contributed by atoms with Crippen LogP contribution in [0.2, 0.25) is 0 Å². The summed E-state index contributed by atoms with van der Waals surface area (Å²) < 4.78 is 0. The molecule has 0 amide bonds. The summed E-state index contributed by atoms with van der Waals surface area (Å²) in [5.41, 5.74) is 2.20. The Morgan fingerprint density at radius 3 is 2.57 bits per heavy atom. The van der Waals surface area contributed by atoms with Gasteiger partial charge in [0.2, 0.25) is 0 Å². The summed E-state index contributed by atoms with van der Waals surface area (Å²) >= 11 is 5.87. The smallest absolute Gasteiger partial charge is 0.152 e. The lowest BCUT2D eigenvalue weighted by molar-refractivity contribution is -0.116. The van der Waals surface area contributed by atoms with Crippen LogP contribution >= 0.6 is 11.6 Å². The molecule has 1 unspecified atom stereocenters. The van der Waals surface area contributed by atoms with Crippen molar-refractivity contribution in [2.45, 2.75) is 19.2 Å². The number of Topliss-reactive ketones (excluding diaryl/α,β-unsaturated/α-hetero) is 1. The van der Waals surface area contributed by atoms with Crippen LogP contribution in [0.1, 0.15) is 33.8 Å². The maximum Gasteiger partial charge on any atom is 0.152 e. The number of benzene rings is 1. The number of alkyl halides is 1. The highest BCUT2D eigenvalue weighted by Crippen LogP contribution is 2.23. The first-order valence-corrected chi connectivity index (χ1v) is 4.70. The molecule has 0 aliphatic rings. The fraction of sp³-hybridized carbons (Fsp3) is 0.273. The van der Waals surface area contributed by atoms with Crippen molar-refractivity contribution < 1.29 is 9.59 Å². The summed E-state index contributed by atoms with van der Waals surface area (Å²) in [7, 11) is 0. The van der Waals surface area contributed by atoms with E-state index in [1.807, 2.05) is 6.92 Å². The molecule has 3 heteroatoms. The molecule has 1 atom stereocenters. The molecule has 0 aliphatic heterocycles. The summed E-state index contributed by atoms with van der Waals surface area (Å²) in [5.74, 6) is -0.0927. The van der Waals surface area contributed by atoms with Crippen LogP contribution in [-0.4, -0.2) is 12.1 Å². The van der Waals surface area contributed by atoms with Gasteiger partial charge in [0.05, 0.1) is 0 Å². The van der Waals surface area contributed by atoms with Crippen LogP contribution in [0.25, 0.3) is 0 Å². The number of hydrogen-bond acceptors (Lipinski definition) is 2. The Balaban J connectivity index is 3.08. The second-order valence-corrected chi connectivity index (χ2v) is 3.64. The standard InChI is InChI=1S/C11H11ClO2/c1-7-5-9(11(12)8(2)14)3-4-10(7)6-13/h3-6,11H,1-2H3. The Kier molecular flexibility index (Phi) is 3.42. The van der Waals surface area contributed by atoms with Crippen molar-refractivity contribution in [3.63, 3.8) is 0 Å². The van der Waals surface area contributed by atoms with Gasteiger partial charge in [-0.3, -0.25) is 9.59 Å². The minimum Gasteiger partial charge on any atom is -0.298 e. The van der Waals surface area contributed by atoms with Gasteiger partial charge in [0, 0.05) is 5.56 Å². The van der Waals surface area contributed by atoms with E-state index in [-0.39, 0.29) is 5.78 Å². The summed E-state index contributed by atoms with van der Waals surface area (Å²) in [4.78, 5) is 21.6. The van der Waals surface area contributed by atoms with Crippen molar-refractivity contribution in [3.05, 3.63) is 34.9 Å². The number of carbonyl (C=O) groups is 2. The third kappa shape index (κ3) is 2.20. The molecule has 0 aromatic heterocycles. The minimum atomic E-state index is -0.616. The predicted molar refractivity (Wildman–Crippen MR) is 55.8 cm³/mol. The zero-order valence-electron chi connectivity index (χ0n) is 8.08. The van der Waals surface area contributed by atoms with Crippen LogP contribution in [0, 0.1) is 6.92 Å². The average molecular weight is 211 g/mol. The van der Waals surface area contributed by atoms with Crippen molar-refractivity contribution in [2.24, 2.45) is 0 Å². The van der Waals surface area contributed by atoms with Crippen molar-refractivity contribution in [1.29, 1.82) is 0 Å². The van der Waals surface area contributed by atoms with E-state index >= 15 is 0 Å². The third-order valence-corrected chi connectivity index (χ3v) is 2.63. The molecule has 0 aliphatic carbocycles. The number of aldehydes is 1. The van der Waals surface area contributed by atoms with Gasteiger partial charge in [-0.05, 0) is 25.0 Å². The maximum absolute atomic E-state index is 11.0. The van der Waals surface area contributed by atoms with Crippen molar-refractivity contribution in [1.82, 2.24) is 0 Å². The molecule has 74 valence electrons. The van der Waals surface area contributed by atoms with Gasteiger partial charge in [-0.2, -0.15) is 0 Å². The van der Waals surface area contributed by atoms with E-state index in [9.17, 15) is 9.59 Å². The monoisotopic (exact) mass is 210 g/mol. The molecule has 0 spiro atoms. The van der Waals surface area contributed by atoms with E-state index in [0.29, 0.717) is 5.56 Å². The van der Waals surface area contributed by atoms with Gasteiger partial charge in [-0.1, -0.05) is 18.2 Å². The van der Waals surface area contributed by atoms with Crippen molar-refractivity contribution >= 4 is 23.7 Å². The molecular formula is C11H11ClO2. The van der Waals surface area contributed by atoms with Gasteiger partial charge in [0.15, 0.2) is 5.78 Å². The number of halogens is 1. The third-order valence-electron chi connectivity index (χ3n) is 2.07. The van der Waals surface area contributed by atoms with Crippen molar-refractivity contribution in [3.8, 4) is 0 Å². The summed E-state index contributed by atoms with van der Waals surface area (Å²) in [6, 6.07) is 5.15. The molecular weight excluding hydrogens is 200 g/mol. The Morgan fingerprint density at radius 1 is 1.50 bits per heavy atom. The fourth-order valence-corrected chi connectivity index (χ4v) is 1.36. The Bertz CT molecular complexity index is 372. The van der Waals surface area contributed by atoms with E-state index in [1.165, 1.54) is 6.92 Å². The lowest BCUT2D eigenvalue weighted by atomic mass is 10.0. The first-order chi connectivity index (χ1) is 6.56. The topological polar surface area (TPSA) is 34.1 Å². The first-order valence-electron chi connectivity index (χ1n) is 4.26. The Labute approximate surface area is 87.9 Å². The number of carbonyl (C=O) groups excluding carboxylic acids is 2. The van der Waals surface area contributed by atoms with Crippen LogP contribution in [0.4, 0.5) is 0 Å². The van der Waals surface area contributed by atoms with Gasteiger partial charge < -0.3 is 0 Å². The van der Waals surface area contributed by atoms with Gasteiger partial charge in [-0.25, -0.2) is 0 Å². The SMILES string of the molecule is CC(=O)C(Cl)c1ccc(C=O)c(C)c1. The van der Waals surface area contributed by atoms with Gasteiger partial charge in [0.1, 0.15) is 11.7 Å². The van der Waals surface area contributed by atoms with Crippen LogP contribution in [0.3, 0.4) is 0 Å². The molecule has 0 heterocycles. The van der Waals surface area contributed by atoms with Gasteiger partial charge in [0.25, 0.3) is 0 Å². The first kappa shape index (κ1) is 10.9. The molecule has 1 rings (SSSR count). The predicted octanol–water partition coefficient (Wildman–Crippen LogP) is 2.68. The molecule has 14 heavy (non-hydrogen) atoms. The fourth-order valence-electron chi connectivity index (χ4n) is 1.22. The molecule has 1 aromatic carbocycles. The zero-order chi connectivity index (χ0) is 10.7. The molecule has 1 aromatic rings. The molecule has 0 saturated heterocycles. The highest BCUT2D eigenvalue weighted by atomic mass is 35.5. The van der Waals surface area contributed by atoms with E-state index in [0.717, 1.165) is 17.4 Å². The zero-order valence-corrected chi connectivity index (χ0v) is 8.84. The molecule has 0 radical (unpaired) electrons. The Morgan fingerprint density at radius 2 is 2.14 bits per heavy atom. The lowest BCUT2D eigenvalue weighted by Gasteiger charge is -2.07. The highest BCUT2D eigenvalue weighted by molar-refractivity contribution is 6.30. The van der Waals surface area contributed by atoms with Crippen LogP contribution in [-0.2, 0) is 4.79 Å². The Hall–Kier alpha value is -1.15. The molecule has 0 saturated carbocycles. The van der Waals surface area contributed by atoms with Crippen LogP contribution < -0.4 is 0 Å². The second-order valence-electron chi connectivity index (χ2n) is 3.21. The largest absolute Gasteiger partial charge is 0.298 e. The summed E-state index contributed by atoms with van der Waals surface area (Å²) in [5, 5.41) is -0.616. The van der Waals surface area contributed by atoms with E-state index in [2.05, 4.69) is 0 Å². The van der Waals surface area contributed by atoms with Gasteiger partial charge in [-0.15, -0.1) is 11.6 Å². The second kappa shape index (κ2) is 4.38. The summed E-state index contributed by atoms with van der Waals surface area (Å²) in [6.45, 7) is 3.26. The number of rotatable bonds is 3. The minimum absolute atomic E-state index is 0.0927. The van der Waals surface area contributed by atoms with Crippen LogP contribution in [0.5, 0.6) is 0 Å². The maximum atomic E-state index is 11.0. The molecule has 0 fully saturated rings. The summed E-state index contributed by atoms with van der Waals surface area (Å²) in [6.07, 6.45) is 0.788. The number of hydrogen-bond donors (Lipinski definition) is 0. The quantitative estimate of drug-likeness (QED) is 0.568. The molecule has 0 N–H and O–H groups in total. The van der Waals surface area contributed by atoms with E-state index in [1.54, 1.807) is 18.2 Å². The van der Waals surface area contributed by atoms with E-state index in [4.69, 9.17) is 11.6 Å². The number of aryl methyl sites for hydroxylation is 1. The average Bonchev–Trinajstić information content (AvgIpc) is 2.16. The normalized spacial score (nSPS) is 12.2. The van der Waals surface area contributed by atoms with Crippen molar-refractivity contribution in [2.75, 3.05) is 0 Å². The van der Waals surface area contributed by atoms with Gasteiger partial charge >= 0.3 is 0 Å². The van der Waals surface area contributed by atoms with E-state index < -0.39 is 5.38 Å². The highest BCUT2D eigenvalue weighted by Gasteiger charge is 2.13. The molecule has 2 nitrogen and oxygen atoms in total.